The van der Waals surface area contributed by atoms with Crippen molar-refractivity contribution in [1.29, 1.82) is 0 Å². The highest BCUT2D eigenvalue weighted by atomic mass is 16.5. The number of hydrogen-bond donors (Lipinski definition) is 2. The summed E-state index contributed by atoms with van der Waals surface area (Å²) in [6, 6.07) is 15.7. The molecule has 6 heteroatoms. The summed E-state index contributed by atoms with van der Waals surface area (Å²) in [7, 11) is 1.66. The third kappa shape index (κ3) is 5.25. The second-order valence-corrected chi connectivity index (χ2v) is 6.86. The first-order chi connectivity index (χ1) is 13.7. The van der Waals surface area contributed by atoms with E-state index in [-0.39, 0.29) is 11.6 Å². The van der Waals surface area contributed by atoms with Crippen LogP contribution in [-0.4, -0.2) is 29.1 Å². The van der Waals surface area contributed by atoms with E-state index in [1.165, 1.54) is 5.56 Å². The lowest BCUT2D eigenvalue weighted by Crippen LogP contribution is -2.26. The van der Waals surface area contributed by atoms with Crippen molar-refractivity contribution in [2.45, 2.75) is 38.6 Å². The number of ether oxygens (including phenoxy) is 1. The van der Waals surface area contributed by atoms with E-state index in [0.717, 1.165) is 42.5 Å². The first-order valence-electron chi connectivity index (χ1n) is 9.74. The third-order valence-electron chi connectivity index (χ3n) is 4.84. The van der Waals surface area contributed by atoms with Gasteiger partial charge in [0, 0.05) is 19.5 Å². The van der Waals surface area contributed by atoms with E-state index < -0.39 is 0 Å². The van der Waals surface area contributed by atoms with Crippen LogP contribution in [0.15, 0.2) is 53.3 Å². The summed E-state index contributed by atoms with van der Waals surface area (Å²) in [6.45, 7) is 1.16. The average Bonchev–Trinajstić information content (AvgIpc) is 3.04. The van der Waals surface area contributed by atoms with Crippen molar-refractivity contribution in [3.8, 4) is 5.75 Å². The van der Waals surface area contributed by atoms with Crippen molar-refractivity contribution >= 4 is 16.9 Å². The summed E-state index contributed by atoms with van der Waals surface area (Å²) >= 11 is 0. The Morgan fingerprint density at radius 3 is 2.64 bits per heavy atom. The molecule has 0 radical (unpaired) electrons. The zero-order valence-corrected chi connectivity index (χ0v) is 16.2. The zero-order chi connectivity index (χ0) is 19.8. The van der Waals surface area contributed by atoms with Crippen LogP contribution in [0, 0.1) is 0 Å². The number of para-hydroxylation sites is 2. The summed E-state index contributed by atoms with van der Waals surface area (Å²) < 4.78 is 6.87. The number of nitrogens with zero attached hydrogens (tertiary/aromatic N) is 1. The van der Waals surface area contributed by atoms with E-state index in [2.05, 4.69) is 22.4 Å². The summed E-state index contributed by atoms with van der Waals surface area (Å²) in [6.07, 6.45) is 4.05. The molecule has 1 aromatic heterocycles. The Morgan fingerprint density at radius 1 is 1.07 bits per heavy atom. The number of carbonyl (C=O) groups excluding carboxylic acids is 1. The minimum absolute atomic E-state index is 0.0704. The number of fused-ring (bicyclic) bond motifs is 1. The van der Waals surface area contributed by atoms with Gasteiger partial charge in [-0.25, -0.2) is 4.79 Å². The maximum absolute atomic E-state index is 12.0. The van der Waals surface area contributed by atoms with Crippen molar-refractivity contribution < 1.29 is 9.53 Å². The normalized spacial score (nSPS) is 10.9. The van der Waals surface area contributed by atoms with Gasteiger partial charge in [0.25, 0.3) is 0 Å². The summed E-state index contributed by atoms with van der Waals surface area (Å²) in [5.74, 6) is 0.930. The number of benzene rings is 2. The Labute approximate surface area is 164 Å². The predicted molar refractivity (Wildman–Crippen MR) is 111 cm³/mol. The quantitative estimate of drug-likeness (QED) is 0.529. The number of H-pyrrole nitrogens is 1. The highest BCUT2D eigenvalue weighted by Gasteiger charge is 2.06. The van der Waals surface area contributed by atoms with Crippen LogP contribution in [0.25, 0.3) is 11.0 Å². The minimum Gasteiger partial charge on any atom is -0.497 e. The number of hydrogen-bond acceptors (Lipinski definition) is 3. The molecule has 0 aliphatic heterocycles. The number of aromatic amines is 1. The summed E-state index contributed by atoms with van der Waals surface area (Å²) in [5, 5.41) is 2.95. The van der Waals surface area contributed by atoms with Crippen molar-refractivity contribution in [2.75, 3.05) is 13.7 Å². The Morgan fingerprint density at radius 2 is 1.86 bits per heavy atom. The second kappa shape index (κ2) is 9.78. The van der Waals surface area contributed by atoms with Crippen LogP contribution >= 0.6 is 0 Å². The largest absolute Gasteiger partial charge is 0.497 e. The van der Waals surface area contributed by atoms with Crippen molar-refractivity contribution in [3.63, 3.8) is 0 Å². The number of carbonyl (C=O) groups is 1. The Hall–Kier alpha value is -3.02. The molecule has 0 saturated heterocycles. The SMILES string of the molecule is COc1ccc(CCCCC(=O)NCCCn2c(=O)[nH]c3ccccc32)cc1. The van der Waals surface area contributed by atoms with E-state index >= 15 is 0 Å². The minimum atomic E-state index is -0.106. The van der Waals surface area contributed by atoms with Gasteiger partial charge in [-0.05, 0) is 55.5 Å². The molecule has 0 bridgehead atoms. The van der Waals surface area contributed by atoms with Gasteiger partial charge in [-0.2, -0.15) is 0 Å². The highest BCUT2D eigenvalue weighted by Crippen LogP contribution is 2.13. The number of aryl methyl sites for hydroxylation is 2. The number of rotatable bonds is 10. The molecule has 0 unspecified atom stereocenters. The maximum atomic E-state index is 12.0. The number of aromatic nitrogens is 2. The van der Waals surface area contributed by atoms with Gasteiger partial charge in [-0.15, -0.1) is 0 Å². The third-order valence-corrected chi connectivity index (χ3v) is 4.84. The van der Waals surface area contributed by atoms with E-state index in [0.29, 0.717) is 19.5 Å². The van der Waals surface area contributed by atoms with Crippen LogP contribution in [0.5, 0.6) is 5.75 Å². The Bertz CT molecular complexity index is 957. The molecular weight excluding hydrogens is 354 g/mol. The molecular formula is C22H27N3O3. The van der Waals surface area contributed by atoms with Gasteiger partial charge in [0.2, 0.25) is 5.91 Å². The summed E-state index contributed by atoms with van der Waals surface area (Å²) in [4.78, 5) is 26.8. The van der Waals surface area contributed by atoms with Crippen molar-refractivity contribution in [2.24, 2.45) is 0 Å². The smallest absolute Gasteiger partial charge is 0.326 e. The van der Waals surface area contributed by atoms with Gasteiger partial charge in [0.05, 0.1) is 18.1 Å². The molecule has 0 fully saturated rings. The van der Waals surface area contributed by atoms with Crippen LogP contribution in [0.4, 0.5) is 0 Å². The standard InChI is InChI=1S/C22H27N3O3/c1-28-18-13-11-17(12-14-18)7-2-5-10-21(26)23-15-6-16-25-20-9-4-3-8-19(20)24-22(25)27/h3-4,8-9,11-14H,2,5-7,10,15-16H2,1H3,(H,23,26)(H,24,27). The van der Waals surface area contributed by atoms with E-state index in [1.807, 2.05) is 36.4 Å². The van der Waals surface area contributed by atoms with Gasteiger partial charge in [0.1, 0.15) is 5.75 Å². The van der Waals surface area contributed by atoms with Gasteiger partial charge in [0.15, 0.2) is 0 Å². The van der Waals surface area contributed by atoms with Crippen LogP contribution in [0.2, 0.25) is 0 Å². The lowest BCUT2D eigenvalue weighted by atomic mass is 10.1. The Balaban J connectivity index is 1.32. The molecule has 2 N–H and O–H groups in total. The van der Waals surface area contributed by atoms with E-state index in [4.69, 9.17) is 4.74 Å². The van der Waals surface area contributed by atoms with Crippen molar-refractivity contribution in [3.05, 3.63) is 64.6 Å². The van der Waals surface area contributed by atoms with E-state index in [1.54, 1.807) is 11.7 Å². The molecule has 6 nitrogen and oxygen atoms in total. The molecule has 0 spiro atoms. The molecule has 1 heterocycles. The molecule has 3 rings (SSSR count). The average molecular weight is 381 g/mol. The van der Waals surface area contributed by atoms with E-state index in [9.17, 15) is 9.59 Å². The van der Waals surface area contributed by atoms with Crippen LogP contribution < -0.4 is 15.7 Å². The molecule has 2 aromatic carbocycles. The predicted octanol–water partition coefficient (Wildman–Crippen LogP) is 3.26. The fourth-order valence-electron chi connectivity index (χ4n) is 3.29. The molecule has 0 atom stereocenters. The number of unbranched alkanes of at least 4 members (excludes halogenated alkanes) is 1. The first kappa shape index (κ1) is 19.7. The van der Waals surface area contributed by atoms with Gasteiger partial charge in [-0.1, -0.05) is 24.3 Å². The molecule has 0 saturated carbocycles. The maximum Gasteiger partial charge on any atom is 0.326 e. The molecule has 0 aliphatic rings. The van der Waals surface area contributed by atoms with Gasteiger partial charge < -0.3 is 15.0 Å². The van der Waals surface area contributed by atoms with Crippen LogP contribution in [0.1, 0.15) is 31.2 Å². The van der Waals surface area contributed by atoms with Crippen LogP contribution in [0.3, 0.4) is 0 Å². The second-order valence-electron chi connectivity index (χ2n) is 6.86. The molecule has 3 aromatic rings. The zero-order valence-electron chi connectivity index (χ0n) is 16.2. The fourth-order valence-corrected chi connectivity index (χ4v) is 3.29. The number of amides is 1. The number of imidazole rings is 1. The monoisotopic (exact) mass is 381 g/mol. The fraction of sp³-hybridized carbons (Fsp3) is 0.364. The topological polar surface area (TPSA) is 76.1 Å². The number of nitrogens with one attached hydrogen (secondary N) is 2. The number of methoxy groups -OCH3 is 1. The molecule has 1 amide bonds. The van der Waals surface area contributed by atoms with Gasteiger partial charge in [-0.3, -0.25) is 9.36 Å². The molecule has 0 aliphatic carbocycles. The van der Waals surface area contributed by atoms with Gasteiger partial charge >= 0.3 is 5.69 Å². The molecule has 148 valence electrons. The first-order valence-corrected chi connectivity index (χ1v) is 9.74. The highest BCUT2D eigenvalue weighted by molar-refractivity contribution is 5.76. The van der Waals surface area contributed by atoms with Crippen LogP contribution in [-0.2, 0) is 17.8 Å². The summed E-state index contributed by atoms with van der Waals surface area (Å²) in [5.41, 5.74) is 2.89. The van der Waals surface area contributed by atoms with Crippen molar-refractivity contribution in [1.82, 2.24) is 14.9 Å². The lowest BCUT2D eigenvalue weighted by Gasteiger charge is -2.07. The lowest BCUT2D eigenvalue weighted by molar-refractivity contribution is -0.121. The molecule has 28 heavy (non-hydrogen) atoms. The Kier molecular flexibility index (Phi) is 6.89.